The van der Waals surface area contributed by atoms with Gasteiger partial charge in [0, 0.05) is 24.3 Å². The smallest absolute Gasteiger partial charge is 0.273 e. The largest absolute Gasteiger partial charge is 0.411 e. The highest BCUT2D eigenvalue weighted by atomic mass is 32.1. The average Bonchev–Trinajstić information content (AvgIpc) is 2.86. The maximum atomic E-state index is 5.27. The number of hydrogen-bond donors (Lipinski definition) is 1. The fourth-order valence-corrected chi connectivity index (χ4v) is 1.86. The van der Waals surface area contributed by atoms with Gasteiger partial charge in [-0.05, 0) is 23.6 Å². The fourth-order valence-electron chi connectivity index (χ4n) is 1.73. The Labute approximate surface area is 97.3 Å². The number of fused-ring (bicyclic) bond motifs is 1. The molecule has 0 bridgehead atoms. The Morgan fingerprint density at radius 3 is 2.88 bits per heavy atom. The number of aromatic nitrogens is 3. The molecule has 16 heavy (non-hydrogen) atoms. The van der Waals surface area contributed by atoms with Crippen molar-refractivity contribution < 1.29 is 4.42 Å². The van der Waals surface area contributed by atoms with Gasteiger partial charge >= 0.3 is 0 Å². The predicted molar refractivity (Wildman–Crippen MR) is 63.5 cm³/mol. The minimum absolute atomic E-state index is 0.280. The molecule has 2 heterocycles. The van der Waals surface area contributed by atoms with E-state index in [9.17, 15) is 0 Å². The molecule has 3 aromatic rings. The fraction of sp³-hybridized carbons (Fsp3) is 0.0909. The molecule has 0 spiro atoms. The number of rotatable bonds is 1. The topological polar surface area (TPSA) is 43.9 Å². The van der Waals surface area contributed by atoms with Crippen LogP contribution in [0.15, 0.2) is 40.1 Å². The van der Waals surface area contributed by atoms with Crippen molar-refractivity contribution >= 4 is 23.5 Å². The Kier molecular flexibility index (Phi) is 2.00. The van der Waals surface area contributed by atoms with E-state index in [0.29, 0.717) is 5.89 Å². The third kappa shape index (κ3) is 1.40. The van der Waals surface area contributed by atoms with E-state index in [1.54, 1.807) is 0 Å². The van der Waals surface area contributed by atoms with E-state index < -0.39 is 0 Å². The van der Waals surface area contributed by atoms with Gasteiger partial charge in [-0.1, -0.05) is 18.7 Å². The second-order valence-corrected chi connectivity index (χ2v) is 3.97. The summed E-state index contributed by atoms with van der Waals surface area (Å²) < 4.78 is 7.32. The molecule has 3 rings (SSSR count). The van der Waals surface area contributed by atoms with Crippen LogP contribution in [0.3, 0.4) is 0 Å². The van der Waals surface area contributed by atoms with Gasteiger partial charge in [0.15, 0.2) is 0 Å². The summed E-state index contributed by atoms with van der Waals surface area (Å²) in [6.45, 7) is 0. The molecule has 0 atom stereocenters. The standard InChI is InChI=1S/C11H9N3OS/c1-14-5-4-7-2-3-8(6-9(7)14)10-12-13-11(16)15-10/h2-6H,1H3,(H,13,16). The SMILES string of the molecule is Cn1ccc2ccc(-c3nnc(S)o3)cc21. The first-order valence-corrected chi connectivity index (χ1v) is 5.27. The van der Waals surface area contributed by atoms with E-state index in [1.165, 1.54) is 5.39 Å². The van der Waals surface area contributed by atoms with E-state index in [1.807, 2.05) is 31.4 Å². The predicted octanol–water partition coefficient (Wildman–Crippen LogP) is 2.52. The maximum Gasteiger partial charge on any atom is 0.273 e. The minimum atomic E-state index is 0.280. The third-order valence-corrected chi connectivity index (χ3v) is 2.73. The van der Waals surface area contributed by atoms with Crippen molar-refractivity contribution in [2.45, 2.75) is 5.22 Å². The quantitative estimate of drug-likeness (QED) is 0.654. The van der Waals surface area contributed by atoms with Crippen molar-refractivity contribution in [3.8, 4) is 11.5 Å². The number of hydrogen-bond acceptors (Lipinski definition) is 4. The van der Waals surface area contributed by atoms with Gasteiger partial charge in [0.2, 0.25) is 5.89 Å². The summed E-state index contributed by atoms with van der Waals surface area (Å²) in [6.07, 6.45) is 2.02. The molecule has 0 saturated carbocycles. The molecule has 1 aromatic carbocycles. The molecule has 80 valence electrons. The average molecular weight is 231 g/mol. The van der Waals surface area contributed by atoms with Crippen molar-refractivity contribution in [2.75, 3.05) is 0 Å². The lowest BCUT2D eigenvalue weighted by Crippen LogP contribution is -1.85. The summed E-state index contributed by atoms with van der Waals surface area (Å²) in [7, 11) is 2.00. The highest BCUT2D eigenvalue weighted by molar-refractivity contribution is 7.80. The van der Waals surface area contributed by atoms with Gasteiger partial charge in [-0.2, -0.15) is 0 Å². The minimum Gasteiger partial charge on any atom is -0.411 e. The summed E-state index contributed by atoms with van der Waals surface area (Å²) >= 11 is 3.99. The van der Waals surface area contributed by atoms with E-state index >= 15 is 0 Å². The van der Waals surface area contributed by atoms with Crippen LogP contribution in [0.1, 0.15) is 0 Å². The van der Waals surface area contributed by atoms with Gasteiger partial charge in [-0.3, -0.25) is 0 Å². The number of thiol groups is 1. The van der Waals surface area contributed by atoms with Gasteiger partial charge in [0.1, 0.15) is 0 Å². The monoisotopic (exact) mass is 231 g/mol. The molecule has 0 N–H and O–H groups in total. The molecule has 0 aliphatic rings. The molecule has 0 fully saturated rings. The molecule has 2 aromatic heterocycles. The van der Waals surface area contributed by atoms with Crippen molar-refractivity contribution in [3.63, 3.8) is 0 Å². The molecule has 0 radical (unpaired) electrons. The molecule has 0 unspecified atom stereocenters. The lowest BCUT2D eigenvalue weighted by atomic mass is 10.1. The van der Waals surface area contributed by atoms with Crippen molar-refractivity contribution in [3.05, 3.63) is 30.5 Å². The molecule has 5 heteroatoms. The van der Waals surface area contributed by atoms with Gasteiger partial charge in [0.25, 0.3) is 5.22 Å². The van der Waals surface area contributed by atoms with Crippen LogP contribution in [0.25, 0.3) is 22.4 Å². The zero-order chi connectivity index (χ0) is 11.1. The molecular formula is C11H9N3OS. The van der Waals surface area contributed by atoms with Crippen LogP contribution in [-0.4, -0.2) is 14.8 Å². The maximum absolute atomic E-state index is 5.27. The first kappa shape index (κ1) is 9.47. The Bertz CT molecular complexity index is 656. The van der Waals surface area contributed by atoms with Gasteiger partial charge in [-0.25, -0.2) is 0 Å². The van der Waals surface area contributed by atoms with Crippen molar-refractivity contribution in [2.24, 2.45) is 7.05 Å². The molecular weight excluding hydrogens is 222 g/mol. The Hall–Kier alpha value is -1.75. The third-order valence-electron chi connectivity index (χ3n) is 2.55. The Morgan fingerprint density at radius 1 is 1.25 bits per heavy atom. The van der Waals surface area contributed by atoms with Crippen LogP contribution in [0.2, 0.25) is 0 Å². The van der Waals surface area contributed by atoms with Crippen LogP contribution in [0.5, 0.6) is 0 Å². The zero-order valence-electron chi connectivity index (χ0n) is 8.58. The number of aryl methyl sites for hydroxylation is 1. The van der Waals surface area contributed by atoms with Gasteiger partial charge in [-0.15, -0.1) is 10.2 Å². The van der Waals surface area contributed by atoms with E-state index in [2.05, 4.69) is 33.5 Å². The summed E-state index contributed by atoms with van der Waals surface area (Å²) in [4.78, 5) is 0. The van der Waals surface area contributed by atoms with Crippen LogP contribution in [0, 0.1) is 0 Å². The molecule has 0 saturated heterocycles. The molecule has 0 aliphatic heterocycles. The first-order chi connectivity index (χ1) is 7.74. The van der Waals surface area contributed by atoms with Crippen LogP contribution in [-0.2, 0) is 7.05 Å². The highest BCUT2D eigenvalue weighted by Gasteiger charge is 2.07. The van der Waals surface area contributed by atoms with E-state index in [0.717, 1.165) is 11.1 Å². The second kappa shape index (κ2) is 3.38. The molecule has 0 aliphatic carbocycles. The Balaban J connectivity index is 2.21. The van der Waals surface area contributed by atoms with Crippen LogP contribution < -0.4 is 0 Å². The van der Waals surface area contributed by atoms with Crippen molar-refractivity contribution in [1.29, 1.82) is 0 Å². The second-order valence-electron chi connectivity index (χ2n) is 3.59. The molecule has 0 amide bonds. The van der Waals surface area contributed by atoms with E-state index in [4.69, 9.17) is 4.42 Å². The summed E-state index contributed by atoms with van der Waals surface area (Å²) in [5, 5.41) is 9.10. The zero-order valence-corrected chi connectivity index (χ0v) is 9.48. The van der Waals surface area contributed by atoms with E-state index in [-0.39, 0.29) is 5.22 Å². The first-order valence-electron chi connectivity index (χ1n) is 4.82. The van der Waals surface area contributed by atoms with Gasteiger partial charge in [0.05, 0.1) is 0 Å². The summed E-state index contributed by atoms with van der Waals surface area (Å²) in [5.41, 5.74) is 2.04. The van der Waals surface area contributed by atoms with Crippen LogP contribution in [0.4, 0.5) is 0 Å². The summed E-state index contributed by atoms with van der Waals surface area (Å²) in [5.74, 6) is 0.494. The summed E-state index contributed by atoms with van der Waals surface area (Å²) in [6, 6.07) is 8.09. The lowest BCUT2D eigenvalue weighted by Gasteiger charge is -1.98. The normalized spacial score (nSPS) is 11.1. The number of nitrogens with zero attached hydrogens (tertiary/aromatic N) is 3. The molecule has 4 nitrogen and oxygen atoms in total. The number of benzene rings is 1. The Morgan fingerprint density at radius 2 is 2.12 bits per heavy atom. The van der Waals surface area contributed by atoms with Gasteiger partial charge < -0.3 is 8.98 Å². The lowest BCUT2D eigenvalue weighted by molar-refractivity contribution is 0.468. The highest BCUT2D eigenvalue weighted by Crippen LogP contribution is 2.24. The van der Waals surface area contributed by atoms with Crippen LogP contribution >= 0.6 is 12.6 Å². The van der Waals surface area contributed by atoms with Crippen molar-refractivity contribution in [1.82, 2.24) is 14.8 Å².